The summed E-state index contributed by atoms with van der Waals surface area (Å²) in [5, 5.41) is 9.37. The van der Waals surface area contributed by atoms with Crippen molar-refractivity contribution in [3.05, 3.63) is 0 Å². The lowest BCUT2D eigenvalue weighted by atomic mass is 9.64. The fourth-order valence-corrected chi connectivity index (χ4v) is 2.75. The van der Waals surface area contributed by atoms with Crippen LogP contribution in [0.15, 0.2) is 0 Å². The molecule has 1 N–H and O–H groups in total. The van der Waals surface area contributed by atoms with Crippen LogP contribution in [-0.2, 0) is 14.3 Å². The molecule has 1 saturated carbocycles. The van der Waals surface area contributed by atoms with Crippen LogP contribution in [0.3, 0.4) is 0 Å². The third-order valence-corrected chi connectivity index (χ3v) is 4.14. The highest BCUT2D eigenvalue weighted by Gasteiger charge is 2.50. The SMILES string of the molecule is CCOC(=O)C1(C(=O)O)CCC(C(C)(C)C)CC1. The third-order valence-electron chi connectivity index (χ3n) is 4.14. The summed E-state index contributed by atoms with van der Waals surface area (Å²) in [5.41, 5.74) is -1.14. The summed E-state index contributed by atoms with van der Waals surface area (Å²) >= 11 is 0. The van der Waals surface area contributed by atoms with E-state index < -0.39 is 17.4 Å². The van der Waals surface area contributed by atoms with Gasteiger partial charge in [0.15, 0.2) is 5.41 Å². The molecular formula is C14H24O4. The Morgan fingerprint density at radius 2 is 1.78 bits per heavy atom. The standard InChI is InChI=1S/C14H24O4/c1-5-18-12(17)14(11(15)16)8-6-10(7-9-14)13(2,3)4/h10H,5-9H2,1-4H3,(H,15,16). The lowest BCUT2D eigenvalue weighted by molar-refractivity contribution is -0.172. The van der Waals surface area contributed by atoms with Gasteiger partial charge in [-0.2, -0.15) is 0 Å². The van der Waals surface area contributed by atoms with Crippen LogP contribution >= 0.6 is 0 Å². The van der Waals surface area contributed by atoms with E-state index in [4.69, 9.17) is 4.74 Å². The van der Waals surface area contributed by atoms with Crippen molar-refractivity contribution in [2.45, 2.75) is 53.4 Å². The van der Waals surface area contributed by atoms with E-state index >= 15 is 0 Å². The number of carbonyl (C=O) groups is 2. The molecule has 0 bridgehead atoms. The second-order valence-electron chi connectivity index (χ2n) is 6.25. The summed E-state index contributed by atoms with van der Waals surface area (Å²) in [6, 6.07) is 0. The summed E-state index contributed by atoms with van der Waals surface area (Å²) in [6.07, 6.45) is 2.33. The maximum Gasteiger partial charge on any atom is 0.323 e. The molecule has 4 heteroatoms. The molecule has 0 aromatic carbocycles. The molecule has 1 rings (SSSR count). The monoisotopic (exact) mass is 256 g/mol. The molecule has 0 radical (unpaired) electrons. The van der Waals surface area contributed by atoms with Gasteiger partial charge >= 0.3 is 11.9 Å². The van der Waals surface area contributed by atoms with Gasteiger partial charge in [-0.05, 0) is 43.9 Å². The van der Waals surface area contributed by atoms with Gasteiger partial charge in [0.25, 0.3) is 0 Å². The zero-order valence-electron chi connectivity index (χ0n) is 11.8. The van der Waals surface area contributed by atoms with Gasteiger partial charge in [0.05, 0.1) is 6.61 Å². The predicted octanol–water partition coefficient (Wildman–Crippen LogP) is 2.86. The molecule has 0 heterocycles. The Morgan fingerprint density at radius 1 is 1.28 bits per heavy atom. The summed E-state index contributed by atoms with van der Waals surface area (Å²) in [4.78, 5) is 23.4. The first-order valence-electron chi connectivity index (χ1n) is 6.64. The van der Waals surface area contributed by atoms with Crippen LogP contribution in [0.2, 0.25) is 0 Å². The van der Waals surface area contributed by atoms with Gasteiger partial charge in [-0.3, -0.25) is 9.59 Å². The smallest absolute Gasteiger partial charge is 0.323 e. The normalized spacial score (nSPS) is 28.8. The second kappa shape index (κ2) is 5.29. The van der Waals surface area contributed by atoms with Crippen LogP contribution in [0, 0.1) is 16.7 Å². The van der Waals surface area contributed by atoms with Crippen LogP contribution in [0.5, 0.6) is 0 Å². The van der Waals surface area contributed by atoms with Crippen molar-refractivity contribution in [2.75, 3.05) is 6.61 Å². The highest BCUT2D eigenvalue weighted by molar-refractivity contribution is 5.99. The van der Waals surface area contributed by atoms with E-state index in [1.54, 1.807) is 6.92 Å². The molecule has 0 saturated heterocycles. The number of hydrogen-bond donors (Lipinski definition) is 1. The lowest BCUT2D eigenvalue weighted by Gasteiger charge is -2.40. The van der Waals surface area contributed by atoms with Gasteiger partial charge in [-0.1, -0.05) is 20.8 Å². The van der Waals surface area contributed by atoms with Crippen LogP contribution in [-0.4, -0.2) is 23.7 Å². The van der Waals surface area contributed by atoms with Crippen molar-refractivity contribution >= 4 is 11.9 Å². The average molecular weight is 256 g/mol. The van der Waals surface area contributed by atoms with Gasteiger partial charge in [-0.15, -0.1) is 0 Å². The molecule has 1 aliphatic rings. The number of esters is 1. The number of carboxylic acid groups (broad SMARTS) is 1. The van der Waals surface area contributed by atoms with Crippen LogP contribution in [0.1, 0.15) is 53.4 Å². The Kier molecular flexibility index (Phi) is 4.41. The molecule has 1 aliphatic carbocycles. The van der Waals surface area contributed by atoms with Gasteiger partial charge in [0, 0.05) is 0 Å². The fraction of sp³-hybridized carbons (Fsp3) is 0.857. The van der Waals surface area contributed by atoms with Crippen molar-refractivity contribution in [1.82, 2.24) is 0 Å². The van der Waals surface area contributed by atoms with E-state index in [1.165, 1.54) is 0 Å². The molecular weight excluding hydrogens is 232 g/mol. The minimum Gasteiger partial charge on any atom is -0.480 e. The van der Waals surface area contributed by atoms with E-state index in [1.807, 2.05) is 0 Å². The minimum atomic E-state index is -1.31. The second-order valence-corrected chi connectivity index (χ2v) is 6.25. The summed E-state index contributed by atoms with van der Waals surface area (Å²) < 4.78 is 4.95. The zero-order valence-corrected chi connectivity index (χ0v) is 11.8. The molecule has 1 fully saturated rings. The largest absolute Gasteiger partial charge is 0.480 e. The predicted molar refractivity (Wildman–Crippen MR) is 68.1 cm³/mol. The molecule has 4 nitrogen and oxygen atoms in total. The molecule has 0 spiro atoms. The van der Waals surface area contributed by atoms with E-state index in [9.17, 15) is 14.7 Å². The maximum absolute atomic E-state index is 11.9. The molecule has 0 atom stereocenters. The first-order valence-corrected chi connectivity index (χ1v) is 6.64. The number of carbonyl (C=O) groups excluding carboxylic acids is 1. The Morgan fingerprint density at radius 3 is 2.11 bits per heavy atom. The molecule has 0 aromatic rings. The van der Waals surface area contributed by atoms with Crippen molar-refractivity contribution < 1.29 is 19.4 Å². The highest BCUT2D eigenvalue weighted by atomic mass is 16.5. The Labute approximate surface area is 109 Å². The number of carboxylic acids is 1. The van der Waals surface area contributed by atoms with Gasteiger partial charge in [-0.25, -0.2) is 0 Å². The van der Waals surface area contributed by atoms with Gasteiger partial charge < -0.3 is 9.84 Å². The molecule has 0 aliphatic heterocycles. The van der Waals surface area contributed by atoms with E-state index in [-0.39, 0.29) is 12.0 Å². The average Bonchev–Trinajstić information content (AvgIpc) is 2.28. The molecule has 0 aromatic heterocycles. The Bertz CT molecular complexity index is 319. The molecule has 0 amide bonds. The first kappa shape index (κ1) is 15.0. The lowest BCUT2D eigenvalue weighted by Crippen LogP contribution is -2.45. The van der Waals surface area contributed by atoms with Crippen LogP contribution in [0.25, 0.3) is 0 Å². The number of rotatable bonds is 3. The summed E-state index contributed by atoms with van der Waals surface area (Å²) in [5.74, 6) is -1.13. The van der Waals surface area contributed by atoms with E-state index in [0.29, 0.717) is 18.8 Å². The quantitative estimate of drug-likeness (QED) is 0.623. The molecule has 18 heavy (non-hydrogen) atoms. The van der Waals surface area contributed by atoms with Crippen molar-refractivity contribution in [3.8, 4) is 0 Å². The van der Waals surface area contributed by atoms with Gasteiger partial charge in [0.1, 0.15) is 0 Å². The molecule has 0 unspecified atom stereocenters. The van der Waals surface area contributed by atoms with Crippen molar-refractivity contribution in [1.29, 1.82) is 0 Å². The Hall–Kier alpha value is -1.06. The first-order chi connectivity index (χ1) is 8.24. The van der Waals surface area contributed by atoms with E-state index in [0.717, 1.165) is 12.8 Å². The maximum atomic E-state index is 11.9. The van der Waals surface area contributed by atoms with Crippen molar-refractivity contribution in [3.63, 3.8) is 0 Å². The topological polar surface area (TPSA) is 63.6 Å². The number of aliphatic carboxylic acids is 1. The van der Waals surface area contributed by atoms with E-state index in [2.05, 4.69) is 20.8 Å². The zero-order chi connectivity index (χ0) is 14.0. The van der Waals surface area contributed by atoms with Crippen molar-refractivity contribution in [2.24, 2.45) is 16.7 Å². The molecule has 104 valence electrons. The highest BCUT2D eigenvalue weighted by Crippen LogP contribution is 2.46. The summed E-state index contributed by atoms with van der Waals surface area (Å²) in [7, 11) is 0. The van der Waals surface area contributed by atoms with Gasteiger partial charge in [0.2, 0.25) is 0 Å². The number of ether oxygens (including phenoxy) is 1. The minimum absolute atomic E-state index is 0.166. The fourth-order valence-electron chi connectivity index (χ4n) is 2.75. The van der Waals surface area contributed by atoms with Crippen LogP contribution < -0.4 is 0 Å². The third kappa shape index (κ3) is 2.85. The Balaban J connectivity index is 2.81. The summed E-state index contributed by atoms with van der Waals surface area (Å²) in [6.45, 7) is 8.42. The van der Waals surface area contributed by atoms with Crippen LogP contribution in [0.4, 0.5) is 0 Å². The number of hydrogen-bond acceptors (Lipinski definition) is 3.